The standard InChI is InChI=1S/C22H30N4O3/c1-22(2,3)18-12-19(27)26(14-23-18)13-15-8-10-25(11-9-15)21(28)20-16-6-4-5-7-17(16)29-24-20/h12,14-15H,4-11,13H2,1-3H3. The Morgan fingerprint density at radius 1 is 1.21 bits per heavy atom. The maximum Gasteiger partial charge on any atom is 0.276 e. The number of likely N-dealkylation sites (tertiary alicyclic amines) is 1. The van der Waals surface area contributed by atoms with Crippen molar-refractivity contribution in [1.82, 2.24) is 19.6 Å². The van der Waals surface area contributed by atoms with Crippen LogP contribution in [0.5, 0.6) is 0 Å². The molecular weight excluding hydrogens is 368 g/mol. The van der Waals surface area contributed by atoms with Gasteiger partial charge < -0.3 is 9.42 Å². The lowest BCUT2D eigenvalue weighted by Crippen LogP contribution is -2.40. The number of fused-ring (bicyclic) bond motifs is 1. The maximum absolute atomic E-state index is 12.9. The van der Waals surface area contributed by atoms with E-state index in [9.17, 15) is 9.59 Å². The van der Waals surface area contributed by atoms with Crippen LogP contribution in [0.4, 0.5) is 0 Å². The molecule has 4 rings (SSSR count). The van der Waals surface area contributed by atoms with Crippen LogP contribution in [0.25, 0.3) is 0 Å². The Morgan fingerprint density at radius 2 is 1.93 bits per heavy atom. The maximum atomic E-state index is 12.9. The van der Waals surface area contributed by atoms with Gasteiger partial charge in [0.2, 0.25) is 0 Å². The number of hydrogen-bond acceptors (Lipinski definition) is 5. The van der Waals surface area contributed by atoms with Gasteiger partial charge in [-0.1, -0.05) is 25.9 Å². The highest BCUT2D eigenvalue weighted by Gasteiger charge is 2.30. The van der Waals surface area contributed by atoms with Gasteiger partial charge in [0, 0.05) is 43.1 Å². The second-order valence-corrected chi connectivity index (χ2v) is 9.39. The summed E-state index contributed by atoms with van der Waals surface area (Å²) in [6.45, 7) is 8.19. The van der Waals surface area contributed by atoms with Crippen molar-refractivity contribution in [3.8, 4) is 0 Å². The van der Waals surface area contributed by atoms with Crippen molar-refractivity contribution in [2.24, 2.45) is 5.92 Å². The Balaban J connectivity index is 1.37. The SMILES string of the molecule is CC(C)(C)c1cc(=O)n(CC2CCN(C(=O)c3noc4c3CCCC4)CC2)cn1. The molecule has 0 saturated carbocycles. The van der Waals surface area contributed by atoms with E-state index < -0.39 is 0 Å². The summed E-state index contributed by atoms with van der Waals surface area (Å²) in [4.78, 5) is 31.7. The molecule has 7 heteroatoms. The van der Waals surface area contributed by atoms with Gasteiger partial charge in [-0.3, -0.25) is 14.2 Å². The van der Waals surface area contributed by atoms with Crippen molar-refractivity contribution in [3.63, 3.8) is 0 Å². The Bertz CT molecular complexity index is 946. The summed E-state index contributed by atoms with van der Waals surface area (Å²) in [5.41, 5.74) is 2.20. The molecule has 0 unspecified atom stereocenters. The molecule has 0 aromatic carbocycles. The van der Waals surface area contributed by atoms with E-state index in [1.807, 2.05) is 4.90 Å². The molecule has 2 aromatic rings. The normalized spacial score (nSPS) is 18.0. The minimum Gasteiger partial charge on any atom is -0.360 e. The molecule has 7 nitrogen and oxygen atoms in total. The number of carbonyl (C=O) groups excluding carboxylic acids is 1. The van der Waals surface area contributed by atoms with Crippen molar-refractivity contribution in [1.29, 1.82) is 0 Å². The highest BCUT2D eigenvalue weighted by atomic mass is 16.5. The lowest BCUT2D eigenvalue weighted by atomic mass is 9.92. The number of rotatable bonds is 3. The molecule has 29 heavy (non-hydrogen) atoms. The van der Waals surface area contributed by atoms with E-state index >= 15 is 0 Å². The molecule has 0 N–H and O–H groups in total. The minimum absolute atomic E-state index is 0.00217. The van der Waals surface area contributed by atoms with Crippen LogP contribution in [0.3, 0.4) is 0 Å². The first kappa shape index (κ1) is 19.9. The predicted octanol–water partition coefficient (Wildman–Crippen LogP) is 2.96. The molecule has 1 amide bonds. The lowest BCUT2D eigenvalue weighted by molar-refractivity contribution is 0.0671. The van der Waals surface area contributed by atoms with Gasteiger partial charge in [0.1, 0.15) is 5.76 Å². The fourth-order valence-corrected chi connectivity index (χ4v) is 4.27. The third kappa shape index (κ3) is 4.14. The van der Waals surface area contributed by atoms with E-state index in [2.05, 4.69) is 30.9 Å². The summed E-state index contributed by atoms with van der Waals surface area (Å²) >= 11 is 0. The van der Waals surface area contributed by atoms with E-state index in [4.69, 9.17) is 4.52 Å². The van der Waals surface area contributed by atoms with Crippen molar-refractivity contribution in [2.75, 3.05) is 13.1 Å². The van der Waals surface area contributed by atoms with Gasteiger partial charge in [-0.05, 0) is 38.0 Å². The summed E-state index contributed by atoms with van der Waals surface area (Å²) in [6, 6.07) is 1.65. The molecule has 1 fully saturated rings. The number of carbonyl (C=O) groups is 1. The van der Waals surface area contributed by atoms with E-state index in [0.717, 1.165) is 55.5 Å². The van der Waals surface area contributed by atoms with Crippen LogP contribution in [0, 0.1) is 5.92 Å². The molecule has 2 aromatic heterocycles. The number of aryl methyl sites for hydroxylation is 1. The molecule has 1 aliphatic heterocycles. The van der Waals surface area contributed by atoms with E-state index in [-0.39, 0.29) is 16.9 Å². The van der Waals surface area contributed by atoms with Crippen molar-refractivity contribution >= 4 is 5.91 Å². The minimum atomic E-state index is -0.135. The highest BCUT2D eigenvalue weighted by Crippen LogP contribution is 2.27. The Hall–Kier alpha value is -2.44. The molecule has 1 aliphatic carbocycles. The van der Waals surface area contributed by atoms with Gasteiger partial charge in [-0.15, -0.1) is 0 Å². The Morgan fingerprint density at radius 3 is 2.62 bits per heavy atom. The van der Waals surface area contributed by atoms with E-state index in [1.165, 1.54) is 0 Å². The van der Waals surface area contributed by atoms with Crippen molar-refractivity contribution in [2.45, 2.75) is 71.3 Å². The summed E-state index contributed by atoms with van der Waals surface area (Å²) < 4.78 is 7.10. The second kappa shape index (κ2) is 7.76. The smallest absolute Gasteiger partial charge is 0.276 e. The molecule has 0 atom stereocenters. The van der Waals surface area contributed by atoms with Gasteiger partial charge in [-0.2, -0.15) is 0 Å². The first-order valence-electron chi connectivity index (χ1n) is 10.7. The Kier molecular flexibility index (Phi) is 5.32. The van der Waals surface area contributed by atoms with Gasteiger partial charge in [0.05, 0.1) is 12.0 Å². The van der Waals surface area contributed by atoms with E-state index in [0.29, 0.717) is 31.2 Å². The first-order chi connectivity index (χ1) is 13.8. The zero-order valence-electron chi connectivity index (χ0n) is 17.6. The molecular formula is C22H30N4O3. The zero-order chi connectivity index (χ0) is 20.6. The first-order valence-corrected chi connectivity index (χ1v) is 10.7. The summed E-state index contributed by atoms with van der Waals surface area (Å²) in [5.74, 6) is 1.24. The second-order valence-electron chi connectivity index (χ2n) is 9.39. The van der Waals surface area contributed by atoms with Crippen molar-refractivity contribution < 1.29 is 9.32 Å². The quantitative estimate of drug-likeness (QED) is 0.794. The highest BCUT2D eigenvalue weighted by molar-refractivity contribution is 5.94. The summed E-state index contributed by atoms with van der Waals surface area (Å²) in [7, 11) is 0. The molecule has 0 spiro atoms. The average molecular weight is 399 g/mol. The summed E-state index contributed by atoms with van der Waals surface area (Å²) in [6.07, 6.45) is 7.38. The summed E-state index contributed by atoms with van der Waals surface area (Å²) in [5, 5.41) is 4.08. The average Bonchev–Trinajstić information content (AvgIpc) is 3.13. The monoisotopic (exact) mass is 398 g/mol. The van der Waals surface area contributed by atoms with Gasteiger partial charge >= 0.3 is 0 Å². The molecule has 0 bridgehead atoms. The van der Waals surface area contributed by atoms with Gasteiger partial charge in [0.15, 0.2) is 5.69 Å². The fourth-order valence-electron chi connectivity index (χ4n) is 4.27. The lowest BCUT2D eigenvalue weighted by Gasteiger charge is -2.32. The zero-order valence-corrected chi connectivity index (χ0v) is 17.6. The number of piperidine rings is 1. The number of amides is 1. The molecule has 1 saturated heterocycles. The van der Waals surface area contributed by atoms with Crippen molar-refractivity contribution in [3.05, 3.63) is 45.5 Å². The van der Waals surface area contributed by atoms with Crippen LogP contribution in [-0.2, 0) is 24.8 Å². The van der Waals surface area contributed by atoms with Crippen LogP contribution in [0.2, 0.25) is 0 Å². The van der Waals surface area contributed by atoms with Crippen LogP contribution < -0.4 is 5.56 Å². The fraction of sp³-hybridized carbons (Fsp3) is 0.636. The number of hydrogen-bond donors (Lipinski definition) is 0. The third-order valence-corrected chi connectivity index (χ3v) is 6.16. The third-order valence-electron chi connectivity index (χ3n) is 6.16. The van der Waals surface area contributed by atoms with Gasteiger partial charge in [0.25, 0.3) is 11.5 Å². The molecule has 0 radical (unpaired) electrons. The molecule has 3 heterocycles. The van der Waals surface area contributed by atoms with Crippen LogP contribution in [-0.4, -0.2) is 38.6 Å². The predicted molar refractivity (Wildman–Crippen MR) is 109 cm³/mol. The van der Waals surface area contributed by atoms with Crippen LogP contribution >= 0.6 is 0 Å². The van der Waals surface area contributed by atoms with Crippen LogP contribution in [0.15, 0.2) is 21.7 Å². The topological polar surface area (TPSA) is 81.2 Å². The number of aromatic nitrogens is 3. The van der Waals surface area contributed by atoms with Crippen LogP contribution in [0.1, 0.15) is 74.0 Å². The Labute approximate surface area is 171 Å². The molecule has 156 valence electrons. The molecule has 2 aliphatic rings. The largest absolute Gasteiger partial charge is 0.360 e. The van der Waals surface area contributed by atoms with Gasteiger partial charge in [-0.25, -0.2) is 4.98 Å². The number of nitrogens with zero attached hydrogens (tertiary/aromatic N) is 4. The van der Waals surface area contributed by atoms with E-state index in [1.54, 1.807) is 17.0 Å².